The molecule has 21 heavy (non-hydrogen) atoms. The molecule has 2 aliphatic carbocycles. The van der Waals surface area contributed by atoms with Crippen LogP contribution in [0.1, 0.15) is 44.1 Å². The first-order valence-electron chi connectivity index (χ1n) is 7.98. The number of ether oxygens (including phenoxy) is 1. The molecule has 1 spiro atoms. The zero-order chi connectivity index (χ0) is 14.7. The quantitative estimate of drug-likeness (QED) is 0.906. The van der Waals surface area contributed by atoms with Crippen LogP contribution in [0.2, 0.25) is 0 Å². The van der Waals surface area contributed by atoms with Crippen LogP contribution >= 0.6 is 0 Å². The smallest absolute Gasteiger partial charge is 0.223 e. The number of methoxy groups -OCH3 is 1. The Morgan fingerprint density at radius 2 is 2.14 bits per heavy atom. The first-order valence-corrected chi connectivity index (χ1v) is 7.98. The van der Waals surface area contributed by atoms with Crippen LogP contribution in [0.5, 0.6) is 5.88 Å². The average Bonchev–Trinajstić information content (AvgIpc) is 3.27. The highest BCUT2D eigenvalue weighted by molar-refractivity contribution is 5.78. The van der Waals surface area contributed by atoms with Crippen molar-refractivity contribution in [3.05, 3.63) is 23.9 Å². The van der Waals surface area contributed by atoms with Gasteiger partial charge >= 0.3 is 0 Å². The standard InChI is InChI=1S/C17H24N2O2/c1-21-16-14(3-2-11-19-16)6-12-18-15(20)13-4-7-17(8-5-13)9-10-17/h2-3,11,13H,4-10,12H2,1H3,(H,18,20). The van der Waals surface area contributed by atoms with Gasteiger partial charge in [-0.3, -0.25) is 4.79 Å². The summed E-state index contributed by atoms with van der Waals surface area (Å²) in [5, 5.41) is 3.08. The van der Waals surface area contributed by atoms with E-state index in [4.69, 9.17) is 4.74 Å². The maximum Gasteiger partial charge on any atom is 0.223 e. The van der Waals surface area contributed by atoms with Gasteiger partial charge in [-0.1, -0.05) is 6.07 Å². The summed E-state index contributed by atoms with van der Waals surface area (Å²) in [6, 6.07) is 3.89. The summed E-state index contributed by atoms with van der Waals surface area (Å²) in [7, 11) is 1.63. The van der Waals surface area contributed by atoms with E-state index in [9.17, 15) is 4.79 Å². The zero-order valence-corrected chi connectivity index (χ0v) is 12.7. The molecule has 1 aromatic heterocycles. The normalized spacial score (nSPS) is 20.2. The summed E-state index contributed by atoms with van der Waals surface area (Å²) in [5.74, 6) is 1.11. The fraction of sp³-hybridized carbons (Fsp3) is 0.647. The predicted octanol–water partition coefficient (Wildman–Crippen LogP) is 2.72. The summed E-state index contributed by atoms with van der Waals surface area (Å²) in [4.78, 5) is 16.4. The van der Waals surface area contributed by atoms with E-state index in [0.29, 0.717) is 17.8 Å². The average molecular weight is 288 g/mol. The number of amides is 1. The highest BCUT2D eigenvalue weighted by atomic mass is 16.5. The van der Waals surface area contributed by atoms with E-state index in [1.165, 1.54) is 25.7 Å². The molecule has 2 aliphatic rings. The lowest BCUT2D eigenvalue weighted by Crippen LogP contribution is -2.34. The number of rotatable bonds is 5. The summed E-state index contributed by atoms with van der Waals surface area (Å²) in [5.41, 5.74) is 1.70. The van der Waals surface area contributed by atoms with Crippen molar-refractivity contribution < 1.29 is 9.53 Å². The van der Waals surface area contributed by atoms with Gasteiger partial charge in [0.1, 0.15) is 0 Å². The molecule has 0 saturated heterocycles. The highest BCUT2D eigenvalue weighted by Gasteiger charge is 2.45. The van der Waals surface area contributed by atoms with Crippen molar-refractivity contribution in [3.63, 3.8) is 0 Å². The van der Waals surface area contributed by atoms with Gasteiger partial charge in [0, 0.05) is 24.2 Å². The second-order valence-electron chi connectivity index (χ2n) is 6.49. The molecule has 1 N–H and O–H groups in total. The van der Waals surface area contributed by atoms with Crippen molar-refractivity contribution >= 4 is 5.91 Å². The van der Waals surface area contributed by atoms with Crippen LogP contribution < -0.4 is 10.1 Å². The third-order valence-corrected chi connectivity index (χ3v) is 5.11. The second-order valence-corrected chi connectivity index (χ2v) is 6.49. The van der Waals surface area contributed by atoms with Crippen molar-refractivity contribution in [2.45, 2.75) is 44.9 Å². The zero-order valence-electron chi connectivity index (χ0n) is 12.7. The van der Waals surface area contributed by atoms with Crippen molar-refractivity contribution in [3.8, 4) is 5.88 Å². The van der Waals surface area contributed by atoms with E-state index >= 15 is 0 Å². The lowest BCUT2D eigenvalue weighted by molar-refractivity contribution is -0.126. The van der Waals surface area contributed by atoms with Crippen LogP contribution in [0.25, 0.3) is 0 Å². The number of pyridine rings is 1. The van der Waals surface area contributed by atoms with Gasteiger partial charge in [-0.2, -0.15) is 0 Å². The second kappa shape index (κ2) is 6.04. The number of carbonyl (C=O) groups excluding carboxylic acids is 1. The Morgan fingerprint density at radius 1 is 1.38 bits per heavy atom. The molecule has 4 heteroatoms. The number of carbonyl (C=O) groups is 1. The Kier molecular flexibility index (Phi) is 4.13. The Morgan fingerprint density at radius 3 is 2.81 bits per heavy atom. The fourth-order valence-corrected chi connectivity index (χ4v) is 3.43. The van der Waals surface area contributed by atoms with E-state index in [2.05, 4.69) is 10.3 Å². The molecule has 0 radical (unpaired) electrons. The number of aromatic nitrogens is 1. The minimum Gasteiger partial charge on any atom is -0.481 e. The van der Waals surface area contributed by atoms with Crippen molar-refractivity contribution in [1.82, 2.24) is 10.3 Å². The van der Waals surface area contributed by atoms with Crippen LogP contribution in [0.3, 0.4) is 0 Å². The summed E-state index contributed by atoms with van der Waals surface area (Å²) >= 11 is 0. The van der Waals surface area contributed by atoms with Gasteiger partial charge < -0.3 is 10.1 Å². The predicted molar refractivity (Wildman–Crippen MR) is 81.1 cm³/mol. The highest BCUT2D eigenvalue weighted by Crippen LogP contribution is 2.57. The van der Waals surface area contributed by atoms with Crippen LogP contribution in [0.4, 0.5) is 0 Å². The SMILES string of the molecule is COc1ncccc1CCNC(=O)C1CCC2(CC1)CC2. The minimum atomic E-state index is 0.229. The molecule has 1 aromatic rings. The van der Waals surface area contributed by atoms with Gasteiger partial charge in [0.25, 0.3) is 0 Å². The first kappa shape index (κ1) is 14.4. The lowest BCUT2D eigenvalue weighted by atomic mass is 9.79. The molecular formula is C17H24N2O2. The molecular weight excluding hydrogens is 264 g/mol. The van der Waals surface area contributed by atoms with E-state index < -0.39 is 0 Å². The molecule has 2 saturated carbocycles. The fourth-order valence-electron chi connectivity index (χ4n) is 3.43. The minimum absolute atomic E-state index is 0.229. The molecule has 0 unspecified atom stereocenters. The topological polar surface area (TPSA) is 51.2 Å². The molecule has 1 heterocycles. The summed E-state index contributed by atoms with van der Waals surface area (Å²) in [6.07, 6.45) is 9.91. The van der Waals surface area contributed by atoms with Crippen LogP contribution in [-0.4, -0.2) is 24.5 Å². The molecule has 4 nitrogen and oxygen atoms in total. The Bertz CT molecular complexity index is 501. The van der Waals surface area contributed by atoms with Crippen LogP contribution in [0.15, 0.2) is 18.3 Å². The van der Waals surface area contributed by atoms with Crippen molar-refractivity contribution in [2.24, 2.45) is 11.3 Å². The Labute approximate surface area is 126 Å². The van der Waals surface area contributed by atoms with E-state index in [1.807, 2.05) is 12.1 Å². The maximum absolute atomic E-state index is 12.2. The molecule has 0 aromatic carbocycles. The number of hydrogen-bond acceptors (Lipinski definition) is 3. The number of nitrogens with one attached hydrogen (secondary N) is 1. The summed E-state index contributed by atoms with van der Waals surface area (Å²) in [6.45, 7) is 0.655. The van der Waals surface area contributed by atoms with Gasteiger partial charge in [-0.15, -0.1) is 0 Å². The molecule has 114 valence electrons. The Hall–Kier alpha value is -1.58. The van der Waals surface area contributed by atoms with Gasteiger partial charge in [0.2, 0.25) is 11.8 Å². The van der Waals surface area contributed by atoms with Crippen molar-refractivity contribution in [1.29, 1.82) is 0 Å². The first-order chi connectivity index (χ1) is 10.2. The van der Waals surface area contributed by atoms with Gasteiger partial charge in [-0.05, 0) is 56.4 Å². The van der Waals surface area contributed by atoms with Crippen LogP contribution in [-0.2, 0) is 11.2 Å². The largest absolute Gasteiger partial charge is 0.481 e. The monoisotopic (exact) mass is 288 g/mol. The van der Waals surface area contributed by atoms with E-state index in [-0.39, 0.29) is 11.8 Å². The lowest BCUT2D eigenvalue weighted by Gasteiger charge is -2.27. The number of nitrogens with zero attached hydrogens (tertiary/aromatic N) is 1. The molecule has 0 atom stereocenters. The third-order valence-electron chi connectivity index (χ3n) is 5.11. The molecule has 2 fully saturated rings. The number of hydrogen-bond donors (Lipinski definition) is 1. The molecule has 0 bridgehead atoms. The molecule has 0 aliphatic heterocycles. The van der Waals surface area contributed by atoms with Gasteiger partial charge in [0.05, 0.1) is 7.11 Å². The maximum atomic E-state index is 12.2. The van der Waals surface area contributed by atoms with E-state index in [1.54, 1.807) is 13.3 Å². The van der Waals surface area contributed by atoms with Gasteiger partial charge in [0.15, 0.2) is 0 Å². The van der Waals surface area contributed by atoms with Crippen molar-refractivity contribution in [2.75, 3.05) is 13.7 Å². The Balaban J connectivity index is 1.43. The van der Waals surface area contributed by atoms with Gasteiger partial charge in [-0.25, -0.2) is 4.98 Å². The van der Waals surface area contributed by atoms with Crippen LogP contribution in [0, 0.1) is 11.3 Å². The summed E-state index contributed by atoms with van der Waals surface area (Å²) < 4.78 is 5.23. The third kappa shape index (κ3) is 3.36. The molecule has 1 amide bonds. The van der Waals surface area contributed by atoms with E-state index in [0.717, 1.165) is 24.8 Å². The molecule has 3 rings (SSSR count).